The first-order chi connectivity index (χ1) is 22.8. The van der Waals surface area contributed by atoms with Gasteiger partial charge in [0, 0.05) is 55.7 Å². The highest BCUT2D eigenvalue weighted by Gasteiger charge is 2.35. The van der Waals surface area contributed by atoms with Gasteiger partial charge >= 0.3 is 11.9 Å². The third-order valence-electron chi connectivity index (χ3n) is 9.20. The number of rotatable bonds is 9. The van der Waals surface area contributed by atoms with Crippen molar-refractivity contribution in [2.24, 2.45) is 0 Å². The number of hydrogen-bond acceptors (Lipinski definition) is 9. The van der Waals surface area contributed by atoms with E-state index in [1.807, 2.05) is 22.5 Å². The van der Waals surface area contributed by atoms with Crippen LogP contribution in [0.5, 0.6) is 5.75 Å². The fourth-order valence-electron chi connectivity index (χ4n) is 6.79. The van der Waals surface area contributed by atoms with E-state index in [0.717, 1.165) is 12.8 Å². The maximum Gasteiger partial charge on any atom is 0.346 e. The highest BCUT2D eigenvalue weighted by Crippen LogP contribution is 2.44. The van der Waals surface area contributed by atoms with E-state index >= 15 is 4.39 Å². The Morgan fingerprint density at radius 2 is 1.81 bits per heavy atom. The van der Waals surface area contributed by atoms with Gasteiger partial charge in [-0.05, 0) is 44.4 Å². The van der Waals surface area contributed by atoms with Crippen LogP contribution in [0.15, 0.2) is 59.5 Å². The maximum absolute atomic E-state index is 15.7. The molecule has 4 heterocycles. The molecule has 2 atom stereocenters. The number of anilines is 1. The zero-order chi connectivity index (χ0) is 32.8. The van der Waals surface area contributed by atoms with Crippen molar-refractivity contribution >= 4 is 34.3 Å². The van der Waals surface area contributed by atoms with E-state index in [0.29, 0.717) is 60.8 Å². The van der Waals surface area contributed by atoms with E-state index < -0.39 is 35.9 Å². The molecule has 2 fully saturated rings. The molecular formula is C35H35FN4O7. The van der Waals surface area contributed by atoms with E-state index in [9.17, 15) is 19.2 Å². The van der Waals surface area contributed by atoms with Crippen molar-refractivity contribution in [2.75, 3.05) is 38.4 Å². The van der Waals surface area contributed by atoms with Crippen molar-refractivity contribution in [1.29, 1.82) is 0 Å². The number of carbonyl (C=O) groups is 3. The lowest BCUT2D eigenvalue weighted by atomic mass is 10.1. The molecule has 2 unspecified atom stereocenters. The Balaban J connectivity index is 1.09. The number of nitrogens with one attached hydrogen (secondary N) is 1. The predicted molar refractivity (Wildman–Crippen MR) is 171 cm³/mol. The molecule has 2 aliphatic heterocycles. The molecule has 2 aromatic heterocycles. The number of halogens is 1. The first-order valence-electron chi connectivity index (χ1n) is 15.8. The molecule has 12 heteroatoms. The molecular weight excluding hydrogens is 607 g/mol. The lowest BCUT2D eigenvalue weighted by Gasteiger charge is -2.35. The Labute approximate surface area is 269 Å². The molecule has 4 aromatic rings. The van der Waals surface area contributed by atoms with Gasteiger partial charge in [0.1, 0.15) is 11.3 Å². The maximum atomic E-state index is 15.7. The smallest absolute Gasteiger partial charge is 0.346 e. The van der Waals surface area contributed by atoms with Gasteiger partial charge in [-0.1, -0.05) is 30.3 Å². The van der Waals surface area contributed by atoms with Crippen LogP contribution in [0.2, 0.25) is 0 Å². The van der Waals surface area contributed by atoms with Crippen LogP contribution >= 0.6 is 0 Å². The van der Waals surface area contributed by atoms with Gasteiger partial charge in [-0.25, -0.2) is 9.18 Å². The number of esters is 2. The van der Waals surface area contributed by atoms with Crippen molar-refractivity contribution in [3.05, 3.63) is 93.3 Å². The molecule has 47 heavy (non-hydrogen) atoms. The molecule has 0 spiro atoms. The number of fused-ring (bicyclic) bond motifs is 2. The lowest BCUT2D eigenvalue weighted by Crippen LogP contribution is -2.49. The summed E-state index contributed by atoms with van der Waals surface area (Å²) in [6.07, 6.45) is 3.52. The zero-order valence-electron chi connectivity index (χ0n) is 26.2. The summed E-state index contributed by atoms with van der Waals surface area (Å²) in [6, 6.07) is 13.6. The number of piperazine rings is 1. The minimum Gasteiger partial charge on any atom is -0.492 e. The summed E-state index contributed by atoms with van der Waals surface area (Å²) in [6.45, 7) is 3.58. The highest BCUT2D eigenvalue weighted by molar-refractivity contribution is 6.08. The van der Waals surface area contributed by atoms with E-state index in [2.05, 4.69) is 5.32 Å². The van der Waals surface area contributed by atoms with Crippen molar-refractivity contribution in [3.63, 3.8) is 0 Å². The molecule has 1 aliphatic carbocycles. The molecule has 0 amide bonds. The van der Waals surface area contributed by atoms with Gasteiger partial charge in [-0.15, -0.1) is 0 Å². The third kappa shape index (κ3) is 5.56. The monoisotopic (exact) mass is 642 g/mol. The van der Waals surface area contributed by atoms with E-state index in [4.69, 9.17) is 14.2 Å². The van der Waals surface area contributed by atoms with Gasteiger partial charge in [0.2, 0.25) is 18.0 Å². The zero-order valence-corrected chi connectivity index (χ0v) is 26.2. The molecule has 7 rings (SSSR count). The molecule has 3 aliphatic rings. The quantitative estimate of drug-likeness (QED) is 0.163. The van der Waals surface area contributed by atoms with Crippen LogP contribution in [0.25, 0.3) is 10.9 Å². The Morgan fingerprint density at radius 1 is 1.02 bits per heavy atom. The second kappa shape index (κ2) is 12.3. The fraction of sp³-hybridized carbons (Fsp3) is 0.371. The van der Waals surface area contributed by atoms with Gasteiger partial charge in [-0.2, -0.15) is 0 Å². The average Bonchev–Trinajstić information content (AvgIpc) is 3.70. The van der Waals surface area contributed by atoms with Crippen molar-refractivity contribution < 1.29 is 33.0 Å². The van der Waals surface area contributed by atoms with Crippen molar-refractivity contribution in [2.45, 2.75) is 50.7 Å². The molecule has 0 bridgehead atoms. The fourth-order valence-corrected chi connectivity index (χ4v) is 6.79. The summed E-state index contributed by atoms with van der Waals surface area (Å²) in [5, 5.41) is 3.35. The topological polar surface area (TPSA) is 121 Å². The van der Waals surface area contributed by atoms with Crippen LogP contribution < -0.4 is 20.4 Å². The van der Waals surface area contributed by atoms with Gasteiger partial charge in [0.15, 0.2) is 11.6 Å². The Hall–Kier alpha value is -4.97. The standard InChI is InChI=1S/C35H35FN4O7/c1-20-17-38(15-13-37-20)30-26(36)16-24-29(33(30)45-2)40(22-8-9-22)18-25(32(24)42)35(44)47-19-46-34(43)23-12-14-39-27(23)10-11-28(39)31(41)21-6-4-3-5-7-21/h3-7,10-11,16,18,20,22-23,37H,8-9,12-15,17,19H2,1-2H3. The van der Waals surface area contributed by atoms with Crippen molar-refractivity contribution in [3.8, 4) is 5.75 Å². The second-order valence-corrected chi connectivity index (χ2v) is 12.3. The summed E-state index contributed by atoms with van der Waals surface area (Å²) >= 11 is 0. The lowest BCUT2D eigenvalue weighted by molar-refractivity contribution is -0.154. The van der Waals surface area contributed by atoms with Crippen LogP contribution in [-0.4, -0.2) is 66.4 Å². The van der Waals surface area contributed by atoms with Gasteiger partial charge in [0.05, 0.1) is 29.6 Å². The minimum absolute atomic E-state index is 0.00825. The van der Waals surface area contributed by atoms with E-state index in [-0.39, 0.29) is 34.6 Å². The number of nitrogens with zero attached hydrogens (tertiary/aromatic N) is 3. The summed E-state index contributed by atoms with van der Waals surface area (Å²) in [4.78, 5) is 54.8. The number of aromatic nitrogens is 2. The number of ether oxygens (including phenoxy) is 3. The van der Waals surface area contributed by atoms with Crippen LogP contribution in [-0.2, 0) is 20.8 Å². The SMILES string of the molecule is COc1c(N2CCNC(C)C2)c(F)cc2c(=O)c(C(=O)OCOC(=O)C3CCn4c(C(=O)c5ccccc5)ccc43)cn(C3CC3)c12. The summed E-state index contributed by atoms with van der Waals surface area (Å²) < 4.78 is 35.7. The molecule has 1 saturated heterocycles. The molecule has 2 aromatic carbocycles. The minimum atomic E-state index is -0.982. The first-order valence-corrected chi connectivity index (χ1v) is 15.8. The second-order valence-electron chi connectivity index (χ2n) is 12.3. The molecule has 244 valence electrons. The van der Waals surface area contributed by atoms with Gasteiger partial charge in [-0.3, -0.25) is 14.4 Å². The van der Waals surface area contributed by atoms with Crippen LogP contribution in [0, 0.1) is 5.82 Å². The van der Waals surface area contributed by atoms with Gasteiger partial charge < -0.3 is 33.6 Å². The molecule has 0 radical (unpaired) electrons. The van der Waals surface area contributed by atoms with E-state index in [1.54, 1.807) is 41.0 Å². The molecule has 1 N–H and O–H groups in total. The number of methoxy groups -OCH3 is 1. The summed E-state index contributed by atoms with van der Waals surface area (Å²) in [5.41, 5.74) is 1.42. The van der Waals surface area contributed by atoms with Crippen LogP contribution in [0.4, 0.5) is 10.1 Å². The Kier molecular flexibility index (Phi) is 8.04. The first kappa shape index (κ1) is 30.7. The van der Waals surface area contributed by atoms with Crippen molar-refractivity contribution in [1.82, 2.24) is 14.5 Å². The number of ketones is 1. The molecule has 11 nitrogen and oxygen atoms in total. The predicted octanol–water partition coefficient (Wildman–Crippen LogP) is 4.16. The third-order valence-corrected chi connectivity index (χ3v) is 9.20. The van der Waals surface area contributed by atoms with Crippen LogP contribution in [0.1, 0.15) is 70.2 Å². The highest BCUT2D eigenvalue weighted by atomic mass is 19.1. The number of carbonyl (C=O) groups excluding carboxylic acids is 3. The number of hydrogen-bond donors (Lipinski definition) is 1. The number of pyridine rings is 1. The average molecular weight is 643 g/mol. The largest absolute Gasteiger partial charge is 0.492 e. The number of benzene rings is 2. The normalized spacial score (nSPS) is 19.0. The van der Waals surface area contributed by atoms with E-state index in [1.165, 1.54) is 19.4 Å². The van der Waals surface area contributed by atoms with Gasteiger partial charge in [0.25, 0.3) is 0 Å². The van der Waals surface area contributed by atoms with Crippen LogP contribution in [0.3, 0.4) is 0 Å². The summed E-state index contributed by atoms with van der Waals surface area (Å²) in [5.74, 6) is -2.73. The molecule has 1 saturated carbocycles. The Bertz CT molecular complexity index is 1950. The Morgan fingerprint density at radius 3 is 2.53 bits per heavy atom. The summed E-state index contributed by atoms with van der Waals surface area (Å²) in [7, 11) is 1.45.